The minimum absolute atomic E-state index is 0.489. The molecule has 0 aliphatic rings. The van der Waals surface area contributed by atoms with Crippen molar-refractivity contribution in [3.63, 3.8) is 0 Å². The first-order valence-corrected chi connectivity index (χ1v) is 10.0. The molecule has 4 rings (SSSR count). The van der Waals surface area contributed by atoms with E-state index in [2.05, 4.69) is 28.5 Å². The zero-order valence-corrected chi connectivity index (χ0v) is 17.1. The first kappa shape index (κ1) is 19.0. The Kier molecular flexibility index (Phi) is 5.72. The third-order valence-electron chi connectivity index (χ3n) is 4.41. The second-order valence-electron chi connectivity index (χ2n) is 6.50. The maximum absolute atomic E-state index is 5.89. The molecule has 5 nitrogen and oxygen atoms in total. The maximum atomic E-state index is 5.89. The number of methoxy groups -OCH3 is 1. The first-order valence-electron chi connectivity index (χ1n) is 9.23. The standard InChI is InChI=1S/C23H21N3O2S/c1-16-7-6-10-19-22(16)29-23(25-19)26-24-14-18-11-12-20(21(13-18)27-2)28-15-17-8-4-3-5-9-17/h3-14H,15H2,1-2H3,(H,25,26)/b24-14+. The summed E-state index contributed by atoms with van der Waals surface area (Å²) in [5.74, 6) is 1.36. The summed E-state index contributed by atoms with van der Waals surface area (Å²) in [7, 11) is 1.63. The van der Waals surface area contributed by atoms with Gasteiger partial charge in [0.05, 0.1) is 23.5 Å². The third kappa shape index (κ3) is 4.55. The number of hydrogen-bond acceptors (Lipinski definition) is 6. The van der Waals surface area contributed by atoms with E-state index < -0.39 is 0 Å². The van der Waals surface area contributed by atoms with Gasteiger partial charge in [0.1, 0.15) is 6.61 Å². The smallest absolute Gasteiger partial charge is 0.204 e. The van der Waals surface area contributed by atoms with Crippen molar-refractivity contribution < 1.29 is 9.47 Å². The van der Waals surface area contributed by atoms with E-state index in [1.54, 1.807) is 24.7 Å². The predicted molar refractivity (Wildman–Crippen MR) is 119 cm³/mol. The van der Waals surface area contributed by atoms with Crippen LogP contribution in [0.4, 0.5) is 5.13 Å². The molecule has 0 aliphatic heterocycles. The molecule has 29 heavy (non-hydrogen) atoms. The molecule has 0 amide bonds. The van der Waals surface area contributed by atoms with Gasteiger partial charge in [0.15, 0.2) is 11.5 Å². The van der Waals surface area contributed by atoms with Crippen molar-refractivity contribution in [3.05, 3.63) is 83.4 Å². The number of benzene rings is 3. The lowest BCUT2D eigenvalue weighted by atomic mass is 10.2. The van der Waals surface area contributed by atoms with E-state index in [1.165, 1.54) is 10.3 Å². The van der Waals surface area contributed by atoms with Crippen LogP contribution in [0.2, 0.25) is 0 Å². The second kappa shape index (κ2) is 8.75. The van der Waals surface area contributed by atoms with Gasteiger partial charge in [0, 0.05) is 0 Å². The second-order valence-corrected chi connectivity index (χ2v) is 7.50. The summed E-state index contributed by atoms with van der Waals surface area (Å²) in [5.41, 5.74) is 7.22. The average Bonchev–Trinajstić information content (AvgIpc) is 3.18. The van der Waals surface area contributed by atoms with Gasteiger partial charge in [-0.2, -0.15) is 5.10 Å². The molecule has 0 bridgehead atoms. The van der Waals surface area contributed by atoms with E-state index in [1.807, 2.05) is 60.7 Å². The summed E-state index contributed by atoms with van der Waals surface area (Å²) in [5, 5.41) is 5.08. The molecule has 0 aliphatic carbocycles. The van der Waals surface area contributed by atoms with Crippen LogP contribution in [0.25, 0.3) is 10.2 Å². The van der Waals surface area contributed by atoms with Crippen LogP contribution in [0, 0.1) is 6.92 Å². The summed E-state index contributed by atoms with van der Waals surface area (Å²) in [4.78, 5) is 4.55. The monoisotopic (exact) mass is 403 g/mol. The quantitative estimate of drug-likeness (QED) is 0.321. The van der Waals surface area contributed by atoms with Crippen LogP contribution in [0.1, 0.15) is 16.7 Å². The Morgan fingerprint density at radius 1 is 1.03 bits per heavy atom. The van der Waals surface area contributed by atoms with Gasteiger partial charge >= 0.3 is 0 Å². The van der Waals surface area contributed by atoms with E-state index in [4.69, 9.17) is 9.47 Å². The van der Waals surface area contributed by atoms with Gasteiger partial charge in [-0.3, -0.25) is 5.43 Å². The highest BCUT2D eigenvalue weighted by molar-refractivity contribution is 7.22. The van der Waals surface area contributed by atoms with Gasteiger partial charge in [-0.15, -0.1) is 0 Å². The number of aromatic nitrogens is 1. The highest BCUT2D eigenvalue weighted by Crippen LogP contribution is 2.29. The molecule has 0 atom stereocenters. The highest BCUT2D eigenvalue weighted by Gasteiger charge is 2.07. The van der Waals surface area contributed by atoms with Crippen molar-refractivity contribution in [1.29, 1.82) is 0 Å². The van der Waals surface area contributed by atoms with Crippen LogP contribution >= 0.6 is 11.3 Å². The topological polar surface area (TPSA) is 55.7 Å². The van der Waals surface area contributed by atoms with Gasteiger partial charge < -0.3 is 9.47 Å². The predicted octanol–water partition coefficient (Wildman–Crippen LogP) is 5.64. The Morgan fingerprint density at radius 2 is 1.90 bits per heavy atom. The van der Waals surface area contributed by atoms with E-state index in [0.717, 1.165) is 21.8 Å². The average molecular weight is 404 g/mol. The van der Waals surface area contributed by atoms with E-state index in [-0.39, 0.29) is 0 Å². The first-order chi connectivity index (χ1) is 14.2. The molecule has 3 aromatic carbocycles. The van der Waals surface area contributed by atoms with Crippen LogP contribution < -0.4 is 14.9 Å². The number of thiazole rings is 1. The van der Waals surface area contributed by atoms with Crippen LogP contribution in [0.15, 0.2) is 71.8 Å². The summed E-state index contributed by atoms with van der Waals surface area (Å²) in [6.07, 6.45) is 1.74. The van der Waals surface area contributed by atoms with Crippen molar-refractivity contribution >= 4 is 32.9 Å². The summed E-state index contributed by atoms with van der Waals surface area (Å²) in [6.45, 7) is 2.57. The van der Waals surface area contributed by atoms with Gasteiger partial charge in [0.25, 0.3) is 0 Å². The number of hydrogen-bond donors (Lipinski definition) is 1. The third-order valence-corrected chi connectivity index (χ3v) is 5.52. The molecule has 6 heteroatoms. The van der Waals surface area contributed by atoms with Crippen LogP contribution in [0.3, 0.4) is 0 Å². The highest BCUT2D eigenvalue weighted by atomic mass is 32.1. The summed E-state index contributed by atoms with van der Waals surface area (Å²) in [6, 6.07) is 21.9. The van der Waals surface area contributed by atoms with Crippen molar-refractivity contribution in [2.45, 2.75) is 13.5 Å². The Labute approximate surface area is 173 Å². The van der Waals surface area contributed by atoms with Crippen molar-refractivity contribution in [1.82, 2.24) is 4.98 Å². The van der Waals surface area contributed by atoms with Crippen LogP contribution in [-0.4, -0.2) is 18.3 Å². The van der Waals surface area contributed by atoms with E-state index in [0.29, 0.717) is 18.1 Å². The zero-order chi connectivity index (χ0) is 20.1. The molecule has 0 saturated carbocycles. The number of rotatable bonds is 7. The lowest BCUT2D eigenvalue weighted by Crippen LogP contribution is -1.98. The fourth-order valence-corrected chi connectivity index (χ4v) is 3.80. The van der Waals surface area contributed by atoms with Crippen molar-refractivity contribution in [3.8, 4) is 11.5 Å². The summed E-state index contributed by atoms with van der Waals surface area (Å²) >= 11 is 1.59. The number of aryl methyl sites for hydroxylation is 1. The number of hydrazone groups is 1. The minimum atomic E-state index is 0.489. The molecule has 0 fully saturated rings. The fourth-order valence-electron chi connectivity index (χ4n) is 2.92. The Morgan fingerprint density at radius 3 is 2.69 bits per heavy atom. The van der Waals surface area contributed by atoms with Gasteiger partial charge in [-0.05, 0) is 47.9 Å². The SMILES string of the molecule is COc1cc(/C=N/Nc2nc3cccc(C)c3s2)ccc1OCc1ccccc1. The van der Waals surface area contributed by atoms with Gasteiger partial charge in [-0.1, -0.05) is 53.8 Å². The minimum Gasteiger partial charge on any atom is -0.493 e. The zero-order valence-electron chi connectivity index (χ0n) is 16.3. The van der Waals surface area contributed by atoms with Gasteiger partial charge in [-0.25, -0.2) is 4.98 Å². The van der Waals surface area contributed by atoms with Crippen LogP contribution in [0.5, 0.6) is 11.5 Å². The Balaban J connectivity index is 1.43. The molecule has 146 valence electrons. The van der Waals surface area contributed by atoms with Gasteiger partial charge in [0.2, 0.25) is 5.13 Å². The Bertz CT molecular complexity index is 1140. The normalized spacial score (nSPS) is 11.1. The molecule has 0 radical (unpaired) electrons. The fraction of sp³-hybridized carbons (Fsp3) is 0.130. The lowest BCUT2D eigenvalue weighted by molar-refractivity contribution is 0.284. The molecule has 4 aromatic rings. The molecule has 1 aromatic heterocycles. The van der Waals surface area contributed by atoms with Crippen molar-refractivity contribution in [2.24, 2.45) is 5.10 Å². The van der Waals surface area contributed by atoms with E-state index in [9.17, 15) is 0 Å². The molecule has 0 unspecified atom stereocenters. The molecule has 0 spiro atoms. The largest absolute Gasteiger partial charge is 0.493 e. The molecule has 1 heterocycles. The number of nitrogens with zero attached hydrogens (tertiary/aromatic N) is 2. The van der Waals surface area contributed by atoms with Crippen molar-refractivity contribution in [2.75, 3.05) is 12.5 Å². The number of nitrogens with one attached hydrogen (secondary N) is 1. The molecular formula is C23H21N3O2S. The number of anilines is 1. The van der Waals surface area contributed by atoms with Crippen LogP contribution in [-0.2, 0) is 6.61 Å². The molecule has 0 saturated heterocycles. The lowest BCUT2D eigenvalue weighted by Gasteiger charge is -2.11. The Hall–Kier alpha value is -3.38. The molecule has 1 N–H and O–H groups in total. The maximum Gasteiger partial charge on any atom is 0.204 e. The number of ether oxygens (including phenoxy) is 2. The van der Waals surface area contributed by atoms with E-state index >= 15 is 0 Å². The number of fused-ring (bicyclic) bond motifs is 1. The molecular weight excluding hydrogens is 382 g/mol. The summed E-state index contributed by atoms with van der Waals surface area (Å²) < 4.78 is 12.5.